The number of nitrogens with two attached hydrogens (primary N) is 2. The highest BCUT2D eigenvalue weighted by Gasteiger charge is 1.89. The van der Waals surface area contributed by atoms with E-state index in [0.29, 0.717) is 19.0 Å². The fourth-order valence-corrected chi connectivity index (χ4v) is 0.0962. The molecular weight excluding hydrogens is 144 g/mol. The second-order valence-corrected chi connectivity index (χ2v) is 2.12. The molecule has 0 heterocycles. The van der Waals surface area contributed by atoms with E-state index in [4.69, 9.17) is 16.6 Å². The number of carbonyl (C=O) groups is 1. The van der Waals surface area contributed by atoms with Gasteiger partial charge in [-0.15, -0.1) is 0 Å². The monoisotopic (exact) mass is 160 g/mol. The van der Waals surface area contributed by atoms with Gasteiger partial charge in [-0.25, -0.2) is 4.79 Å². The molecule has 0 aliphatic carbocycles. The van der Waals surface area contributed by atoms with Crippen LogP contribution >= 0.6 is 0 Å². The van der Waals surface area contributed by atoms with E-state index in [2.05, 4.69) is 6.58 Å². The highest BCUT2D eigenvalue weighted by molar-refractivity contribution is 5.78. The normalized spacial score (nSPS) is 8.36. The van der Waals surface area contributed by atoms with E-state index in [1.165, 1.54) is 0 Å². The molecule has 0 atom stereocenters. The fourth-order valence-electron chi connectivity index (χ4n) is 0.0962. The third kappa shape index (κ3) is 17.6. The minimum atomic E-state index is -0.981. The van der Waals surface area contributed by atoms with Crippen LogP contribution in [0.2, 0.25) is 0 Å². The lowest BCUT2D eigenvalue weighted by Gasteiger charge is -1.99. The van der Waals surface area contributed by atoms with Crippen LogP contribution in [0.5, 0.6) is 0 Å². The predicted octanol–water partition coefficient (Wildman–Crippen LogP) is -0.203. The molecule has 0 spiro atoms. The van der Waals surface area contributed by atoms with Crippen molar-refractivity contribution in [1.82, 2.24) is 0 Å². The minimum Gasteiger partial charge on any atom is -0.478 e. The molecule has 0 unspecified atom stereocenters. The van der Waals surface area contributed by atoms with Crippen LogP contribution in [0.25, 0.3) is 0 Å². The Morgan fingerprint density at radius 2 is 1.91 bits per heavy atom. The van der Waals surface area contributed by atoms with Crippen LogP contribution < -0.4 is 11.5 Å². The Bertz CT molecular complexity index is 111. The molecule has 0 radical (unpaired) electrons. The van der Waals surface area contributed by atoms with Crippen LogP contribution in [0, 0.1) is 5.92 Å². The fraction of sp³-hybridized carbons (Fsp3) is 0.571. The van der Waals surface area contributed by atoms with Gasteiger partial charge in [0.1, 0.15) is 0 Å². The van der Waals surface area contributed by atoms with E-state index >= 15 is 0 Å². The third-order valence-corrected chi connectivity index (χ3v) is 0.979. The summed E-state index contributed by atoms with van der Waals surface area (Å²) in [6, 6.07) is 0. The van der Waals surface area contributed by atoms with Gasteiger partial charge in [0.05, 0.1) is 0 Å². The summed E-state index contributed by atoms with van der Waals surface area (Å²) in [5.41, 5.74) is 10.4. The molecule has 0 aliphatic heterocycles. The van der Waals surface area contributed by atoms with Crippen molar-refractivity contribution in [2.45, 2.75) is 6.92 Å². The molecule has 4 heteroatoms. The van der Waals surface area contributed by atoms with Gasteiger partial charge >= 0.3 is 5.97 Å². The van der Waals surface area contributed by atoms with Crippen LogP contribution in [0.3, 0.4) is 0 Å². The second-order valence-electron chi connectivity index (χ2n) is 2.12. The van der Waals surface area contributed by atoms with Gasteiger partial charge in [-0.2, -0.15) is 0 Å². The molecule has 66 valence electrons. The summed E-state index contributed by atoms with van der Waals surface area (Å²) in [5.74, 6) is -0.491. The second kappa shape index (κ2) is 9.13. The number of carboxylic acid groups (broad SMARTS) is 1. The van der Waals surface area contributed by atoms with Crippen LogP contribution in [-0.4, -0.2) is 24.2 Å². The first-order chi connectivity index (χ1) is 5.08. The summed E-state index contributed by atoms with van der Waals surface area (Å²) < 4.78 is 0. The molecule has 0 bridgehead atoms. The molecule has 0 fully saturated rings. The molecule has 0 aromatic rings. The molecule has 5 N–H and O–H groups in total. The Kier molecular flexibility index (Phi) is 10.6. The number of hydrogen-bond acceptors (Lipinski definition) is 3. The van der Waals surface area contributed by atoms with Crippen molar-refractivity contribution < 1.29 is 9.90 Å². The van der Waals surface area contributed by atoms with E-state index in [9.17, 15) is 4.79 Å². The zero-order valence-electron chi connectivity index (χ0n) is 6.79. The highest BCUT2D eigenvalue weighted by atomic mass is 16.4. The van der Waals surface area contributed by atoms with E-state index in [1.807, 2.05) is 6.92 Å². The smallest absolute Gasteiger partial charge is 0.327 e. The van der Waals surface area contributed by atoms with E-state index < -0.39 is 5.97 Å². The maximum Gasteiger partial charge on any atom is 0.327 e. The highest BCUT2D eigenvalue weighted by Crippen LogP contribution is 1.81. The summed E-state index contributed by atoms with van der Waals surface area (Å²) in [4.78, 5) is 9.25. The Labute approximate surface area is 66.9 Å². The average molecular weight is 160 g/mol. The number of aliphatic carboxylic acids is 1. The molecule has 0 aromatic carbocycles. The maximum atomic E-state index is 9.25. The molecule has 0 saturated carbocycles. The van der Waals surface area contributed by atoms with E-state index in [-0.39, 0.29) is 0 Å². The van der Waals surface area contributed by atoms with Crippen LogP contribution in [0.15, 0.2) is 12.7 Å². The van der Waals surface area contributed by atoms with Gasteiger partial charge in [0.15, 0.2) is 0 Å². The molecule has 0 rings (SSSR count). The topological polar surface area (TPSA) is 89.3 Å². The maximum absolute atomic E-state index is 9.25. The molecule has 0 aromatic heterocycles. The van der Waals surface area contributed by atoms with Crippen molar-refractivity contribution in [2.24, 2.45) is 17.4 Å². The standard InChI is InChI=1S/C4H12N2.C3H4O2/c1-4(2-5)3-6;1-2-3(4)5/h4H,2-3,5-6H2,1H3;2H,1H2,(H,4,5). The molecule has 0 aliphatic rings. The molecule has 0 amide bonds. The Balaban J connectivity index is 0. The van der Waals surface area contributed by atoms with Gasteiger partial charge in [-0.05, 0) is 19.0 Å². The summed E-state index contributed by atoms with van der Waals surface area (Å²) in [5, 5.41) is 7.60. The quantitative estimate of drug-likeness (QED) is 0.499. The number of carboxylic acids is 1. The lowest BCUT2D eigenvalue weighted by molar-refractivity contribution is -0.131. The van der Waals surface area contributed by atoms with Crippen molar-refractivity contribution in [2.75, 3.05) is 13.1 Å². The van der Waals surface area contributed by atoms with E-state index in [1.54, 1.807) is 0 Å². The van der Waals surface area contributed by atoms with Gasteiger partial charge in [-0.1, -0.05) is 13.5 Å². The number of rotatable bonds is 3. The lowest BCUT2D eigenvalue weighted by atomic mass is 10.2. The Morgan fingerprint density at radius 1 is 1.64 bits per heavy atom. The van der Waals surface area contributed by atoms with Crippen LogP contribution in [0.4, 0.5) is 0 Å². The SMILES string of the molecule is C=CC(=O)O.CC(CN)CN. The van der Waals surface area contributed by atoms with Gasteiger partial charge in [0.25, 0.3) is 0 Å². The van der Waals surface area contributed by atoms with Crippen LogP contribution in [-0.2, 0) is 4.79 Å². The van der Waals surface area contributed by atoms with Gasteiger partial charge in [-0.3, -0.25) is 0 Å². The van der Waals surface area contributed by atoms with Gasteiger partial charge in [0, 0.05) is 6.08 Å². The first kappa shape index (κ1) is 12.8. The third-order valence-electron chi connectivity index (χ3n) is 0.979. The first-order valence-electron chi connectivity index (χ1n) is 3.33. The summed E-state index contributed by atoms with van der Waals surface area (Å²) in [7, 11) is 0. The van der Waals surface area contributed by atoms with Crippen molar-refractivity contribution in [3.05, 3.63) is 12.7 Å². The summed E-state index contributed by atoms with van der Waals surface area (Å²) in [6.45, 7) is 6.40. The van der Waals surface area contributed by atoms with Crippen molar-refractivity contribution in [1.29, 1.82) is 0 Å². The largest absolute Gasteiger partial charge is 0.478 e. The average Bonchev–Trinajstić information content (AvgIpc) is 2.04. The van der Waals surface area contributed by atoms with Crippen molar-refractivity contribution in [3.63, 3.8) is 0 Å². The zero-order valence-corrected chi connectivity index (χ0v) is 6.79. The first-order valence-corrected chi connectivity index (χ1v) is 3.33. The molecule has 0 saturated heterocycles. The summed E-state index contributed by atoms with van der Waals surface area (Å²) >= 11 is 0. The Morgan fingerprint density at radius 3 is 1.91 bits per heavy atom. The molecule has 4 nitrogen and oxygen atoms in total. The summed E-state index contributed by atoms with van der Waals surface area (Å²) in [6.07, 6.45) is 0.833. The predicted molar refractivity (Wildman–Crippen MR) is 45.1 cm³/mol. The molecule has 11 heavy (non-hydrogen) atoms. The zero-order chi connectivity index (χ0) is 9.28. The lowest BCUT2D eigenvalue weighted by Crippen LogP contribution is -2.19. The van der Waals surface area contributed by atoms with Crippen molar-refractivity contribution >= 4 is 5.97 Å². The Hall–Kier alpha value is -0.870. The van der Waals surface area contributed by atoms with Crippen LogP contribution in [0.1, 0.15) is 6.92 Å². The van der Waals surface area contributed by atoms with E-state index in [0.717, 1.165) is 6.08 Å². The number of hydrogen-bond donors (Lipinski definition) is 3. The molecular formula is C7H16N2O2. The minimum absolute atomic E-state index is 0.491. The van der Waals surface area contributed by atoms with Gasteiger partial charge < -0.3 is 16.6 Å². The van der Waals surface area contributed by atoms with Gasteiger partial charge in [0.2, 0.25) is 0 Å². The van der Waals surface area contributed by atoms with Crippen molar-refractivity contribution in [3.8, 4) is 0 Å².